The van der Waals surface area contributed by atoms with Crippen molar-refractivity contribution in [2.75, 3.05) is 19.0 Å². The van der Waals surface area contributed by atoms with Crippen molar-refractivity contribution in [1.82, 2.24) is 9.97 Å². The first-order chi connectivity index (χ1) is 8.30. The van der Waals surface area contributed by atoms with Gasteiger partial charge in [-0.15, -0.1) is 0 Å². The molecule has 0 saturated carbocycles. The fourth-order valence-corrected chi connectivity index (χ4v) is 1.57. The van der Waals surface area contributed by atoms with Crippen molar-refractivity contribution in [3.05, 3.63) is 29.8 Å². The van der Waals surface area contributed by atoms with Gasteiger partial charge < -0.3 is 4.90 Å². The fraction of sp³-hybridized carbons (Fsp3) is 0.273. The first kappa shape index (κ1) is 12.5. The molecule has 0 spiro atoms. The molecule has 3 nitrogen and oxygen atoms in total. The second-order valence-corrected chi connectivity index (χ2v) is 3.90. The summed E-state index contributed by atoms with van der Waals surface area (Å²) in [4.78, 5) is 8.07. The third-order valence-electron chi connectivity index (χ3n) is 2.33. The van der Waals surface area contributed by atoms with Crippen molar-refractivity contribution in [1.29, 1.82) is 0 Å². The van der Waals surface area contributed by atoms with Crippen LogP contribution in [-0.4, -0.2) is 24.1 Å². The second kappa shape index (κ2) is 4.08. The lowest BCUT2D eigenvalue weighted by Gasteiger charge is -2.16. The molecule has 1 aromatic heterocycles. The van der Waals surface area contributed by atoms with E-state index in [2.05, 4.69) is 9.97 Å². The third-order valence-corrected chi connectivity index (χ3v) is 2.33. The molecule has 7 heteroatoms. The lowest BCUT2D eigenvalue weighted by Crippen LogP contribution is -2.17. The van der Waals surface area contributed by atoms with Gasteiger partial charge in [0, 0.05) is 19.5 Å². The molecule has 0 unspecified atom stereocenters. The number of alkyl halides is 3. The zero-order valence-corrected chi connectivity index (χ0v) is 9.59. The summed E-state index contributed by atoms with van der Waals surface area (Å²) >= 11 is 0. The van der Waals surface area contributed by atoms with Crippen molar-refractivity contribution in [2.45, 2.75) is 6.18 Å². The number of benzene rings is 1. The Bertz CT molecular complexity index is 593. The van der Waals surface area contributed by atoms with Crippen LogP contribution >= 0.6 is 0 Å². The molecule has 0 fully saturated rings. The minimum Gasteiger partial charge on any atom is -0.362 e. The SMILES string of the molecule is CN(C)c1nc(C(F)(F)F)nc2c(F)cccc12. The van der Waals surface area contributed by atoms with Crippen LogP contribution < -0.4 is 4.90 Å². The minimum atomic E-state index is -4.71. The number of rotatable bonds is 1. The quantitative estimate of drug-likeness (QED) is 0.737. The van der Waals surface area contributed by atoms with Crippen molar-refractivity contribution in [3.63, 3.8) is 0 Å². The number of hydrogen-bond donors (Lipinski definition) is 0. The van der Waals surface area contributed by atoms with E-state index in [0.29, 0.717) is 0 Å². The van der Waals surface area contributed by atoms with E-state index in [4.69, 9.17) is 0 Å². The van der Waals surface area contributed by atoms with Crippen LogP contribution in [-0.2, 0) is 6.18 Å². The van der Waals surface area contributed by atoms with Gasteiger partial charge in [-0.1, -0.05) is 6.07 Å². The molecule has 2 rings (SSSR count). The van der Waals surface area contributed by atoms with Crippen LogP contribution in [0.15, 0.2) is 18.2 Å². The van der Waals surface area contributed by atoms with E-state index in [0.717, 1.165) is 6.07 Å². The number of para-hydroxylation sites is 1. The average molecular weight is 259 g/mol. The summed E-state index contributed by atoms with van der Waals surface area (Å²) in [5.74, 6) is -2.11. The van der Waals surface area contributed by atoms with Gasteiger partial charge in [-0.05, 0) is 12.1 Å². The Kier molecular flexibility index (Phi) is 2.84. The molecule has 0 aliphatic rings. The Balaban J connectivity index is 2.84. The predicted molar refractivity (Wildman–Crippen MR) is 58.8 cm³/mol. The monoisotopic (exact) mass is 259 g/mol. The molecule has 96 valence electrons. The molecule has 0 aliphatic carbocycles. The van der Waals surface area contributed by atoms with E-state index < -0.39 is 17.8 Å². The number of halogens is 4. The van der Waals surface area contributed by atoms with Crippen LogP contribution in [0.4, 0.5) is 23.4 Å². The highest BCUT2D eigenvalue weighted by molar-refractivity contribution is 5.89. The molecule has 0 radical (unpaired) electrons. The summed E-state index contributed by atoms with van der Waals surface area (Å²) in [6.45, 7) is 0. The fourth-order valence-electron chi connectivity index (χ4n) is 1.57. The summed E-state index contributed by atoms with van der Waals surface area (Å²) in [6.07, 6.45) is -4.71. The van der Waals surface area contributed by atoms with Gasteiger partial charge in [0.2, 0.25) is 5.82 Å². The zero-order valence-electron chi connectivity index (χ0n) is 9.59. The van der Waals surface area contributed by atoms with Gasteiger partial charge in [-0.25, -0.2) is 14.4 Å². The van der Waals surface area contributed by atoms with Gasteiger partial charge in [0.05, 0.1) is 0 Å². The summed E-state index contributed by atoms with van der Waals surface area (Å²) in [5.41, 5.74) is -0.330. The molecular formula is C11H9F4N3. The van der Waals surface area contributed by atoms with E-state index in [-0.39, 0.29) is 16.7 Å². The molecule has 1 heterocycles. The molecule has 0 atom stereocenters. The minimum absolute atomic E-state index is 0.0341. The Hall–Kier alpha value is -1.92. The highest BCUT2D eigenvalue weighted by Gasteiger charge is 2.36. The maximum absolute atomic E-state index is 13.5. The van der Waals surface area contributed by atoms with E-state index in [9.17, 15) is 17.6 Å². The van der Waals surface area contributed by atoms with E-state index in [1.54, 1.807) is 0 Å². The van der Waals surface area contributed by atoms with Crippen molar-refractivity contribution < 1.29 is 17.6 Å². The molecule has 18 heavy (non-hydrogen) atoms. The molecule has 0 N–H and O–H groups in total. The highest BCUT2D eigenvalue weighted by atomic mass is 19.4. The van der Waals surface area contributed by atoms with Crippen LogP contribution in [0, 0.1) is 5.82 Å². The Labute approximate surface area is 100 Å². The van der Waals surface area contributed by atoms with E-state index in [1.807, 2.05) is 0 Å². The van der Waals surface area contributed by atoms with Crippen LogP contribution in [0.1, 0.15) is 5.82 Å². The topological polar surface area (TPSA) is 29.0 Å². The largest absolute Gasteiger partial charge is 0.451 e. The lowest BCUT2D eigenvalue weighted by molar-refractivity contribution is -0.144. The summed E-state index contributed by atoms with van der Waals surface area (Å²) in [6, 6.07) is 3.95. The normalized spacial score (nSPS) is 11.9. The maximum Gasteiger partial charge on any atom is 0.451 e. The molecule has 1 aromatic carbocycles. The molecule has 0 saturated heterocycles. The number of nitrogens with zero attached hydrogens (tertiary/aromatic N) is 3. The number of fused-ring (bicyclic) bond motifs is 1. The predicted octanol–water partition coefficient (Wildman–Crippen LogP) is 2.85. The Morgan fingerprint density at radius 3 is 2.33 bits per heavy atom. The summed E-state index contributed by atoms with van der Waals surface area (Å²) < 4.78 is 51.4. The van der Waals surface area contributed by atoms with Crippen LogP contribution in [0.5, 0.6) is 0 Å². The third kappa shape index (κ3) is 2.07. The zero-order chi connectivity index (χ0) is 13.5. The van der Waals surface area contributed by atoms with Gasteiger partial charge in [-0.3, -0.25) is 0 Å². The molecule has 0 amide bonds. The number of anilines is 1. The molecule has 2 aromatic rings. The van der Waals surface area contributed by atoms with Crippen molar-refractivity contribution in [3.8, 4) is 0 Å². The van der Waals surface area contributed by atoms with E-state index in [1.165, 1.54) is 31.1 Å². The van der Waals surface area contributed by atoms with Gasteiger partial charge in [0.1, 0.15) is 17.2 Å². The van der Waals surface area contributed by atoms with E-state index >= 15 is 0 Å². The summed E-state index contributed by atoms with van der Waals surface area (Å²) in [7, 11) is 3.07. The van der Waals surface area contributed by atoms with Crippen LogP contribution in [0.3, 0.4) is 0 Å². The first-order valence-corrected chi connectivity index (χ1v) is 5.01. The maximum atomic E-state index is 13.5. The highest BCUT2D eigenvalue weighted by Crippen LogP contribution is 2.31. The van der Waals surface area contributed by atoms with Gasteiger partial charge in [0.25, 0.3) is 0 Å². The standard InChI is InChI=1S/C11H9F4N3/c1-18(2)9-6-4-3-5-7(12)8(6)16-10(17-9)11(13,14)15/h3-5H,1-2H3. The Morgan fingerprint density at radius 1 is 1.11 bits per heavy atom. The Morgan fingerprint density at radius 2 is 1.78 bits per heavy atom. The molecule has 0 bridgehead atoms. The second-order valence-electron chi connectivity index (χ2n) is 3.90. The lowest BCUT2D eigenvalue weighted by atomic mass is 10.2. The molecular weight excluding hydrogens is 250 g/mol. The number of aromatic nitrogens is 2. The first-order valence-electron chi connectivity index (χ1n) is 5.01. The van der Waals surface area contributed by atoms with Gasteiger partial charge >= 0.3 is 6.18 Å². The van der Waals surface area contributed by atoms with Gasteiger partial charge in [0.15, 0.2) is 0 Å². The summed E-state index contributed by atoms with van der Waals surface area (Å²) in [5, 5.41) is 0.244. The van der Waals surface area contributed by atoms with Crippen molar-refractivity contribution in [2.24, 2.45) is 0 Å². The average Bonchev–Trinajstić information content (AvgIpc) is 2.27. The van der Waals surface area contributed by atoms with Crippen LogP contribution in [0.2, 0.25) is 0 Å². The van der Waals surface area contributed by atoms with Crippen molar-refractivity contribution >= 4 is 16.7 Å². The number of hydrogen-bond acceptors (Lipinski definition) is 3. The smallest absolute Gasteiger partial charge is 0.362 e. The van der Waals surface area contributed by atoms with Crippen LogP contribution in [0.25, 0.3) is 10.9 Å². The van der Waals surface area contributed by atoms with Gasteiger partial charge in [-0.2, -0.15) is 13.2 Å². The molecule has 0 aliphatic heterocycles.